The summed E-state index contributed by atoms with van der Waals surface area (Å²) >= 11 is 0. The lowest BCUT2D eigenvalue weighted by atomic mass is 9.86. The fraction of sp³-hybridized carbons (Fsp3) is 0.632. The molecule has 3 rings (SSSR count). The summed E-state index contributed by atoms with van der Waals surface area (Å²) in [7, 11) is 0. The van der Waals surface area contributed by atoms with Crippen molar-refractivity contribution in [2.24, 2.45) is 0 Å². The molecule has 3 heteroatoms. The number of carbonyl (C=O) groups excluding carboxylic acids is 1. The van der Waals surface area contributed by atoms with Gasteiger partial charge < -0.3 is 10.2 Å². The van der Waals surface area contributed by atoms with Gasteiger partial charge in [0.1, 0.15) is 0 Å². The van der Waals surface area contributed by atoms with Crippen LogP contribution >= 0.6 is 0 Å². The Labute approximate surface area is 134 Å². The maximum absolute atomic E-state index is 12.4. The Bertz CT molecular complexity index is 517. The maximum atomic E-state index is 12.4. The predicted octanol–water partition coefficient (Wildman–Crippen LogP) is 3.34. The van der Waals surface area contributed by atoms with Crippen LogP contribution in [0.1, 0.15) is 62.4 Å². The molecule has 2 aliphatic rings. The Hall–Kier alpha value is -1.35. The van der Waals surface area contributed by atoms with Gasteiger partial charge in [-0.1, -0.05) is 32.9 Å². The second-order valence-corrected chi connectivity index (χ2v) is 7.84. The average Bonchev–Trinajstić information content (AvgIpc) is 3.32. The van der Waals surface area contributed by atoms with Gasteiger partial charge in [-0.05, 0) is 48.8 Å². The zero-order valence-electron chi connectivity index (χ0n) is 14.1. The maximum Gasteiger partial charge on any atom is 0.251 e. The van der Waals surface area contributed by atoms with Gasteiger partial charge in [-0.3, -0.25) is 4.79 Å². The number of benzene rings is 1. The third-order valence-electron chi connectivity index (χ3n) is 4.94. The smallest absolute Gasteiger partial charge is 0.251 e. The van der Waals surface area contributed by atoms with Gasteiger partial charge in [0.05, 0.1) is 0 Å². The van der Waals surface area contributed by atoms with Gasteiger partial charge in [0, 0.05) is 30.7 Å². The Morgan fingerprint density at radius 3 is 2.14 bits per heavy atom. The molecule has 1 saturated heterocycles. The summed E-state index contributed by atoms with van der Waals surface area (Å²) in [6.07, 6.45) is 4.92. The molecule has 1 aliphatic heterocycles. The van der Waals surface area contributed by atoms with E-state index in [1.165, 1.54) is 18.4 Å². The molecular formula is C19H28N2O. The largest absolute Gasteiger partial charge is 0.349 e. The minimum absolute atomic E-state index is 0.0744. The minimum Gasteiger partial charge on any atom is -0.349 e. The monoisotopic (exact) mass is 300 g/mol. The number of amides is 1. The van der Waals surface area contributed by atoms with Crippen molar-refractivity contribution in [2.75, 3.05) is 13.1 Å². The number of rotatable bonds is 3. The summed E-state index contributed by atoms with van der Waals surface area (Å²) in [4.78, 5) is 15.0. The Morgan fingerprint density at radius 2 is 1.64 bits per heavy atom. The van der Waals surface area contributed by atoms with Crippen LogP contribution in [0.3, 0.4) is 0 Å². The highest BCUT2D eigenvalue weighted by Gasteiger charge is 2.32. The van der Waals surface area contributed by atoms with Gasteiger partial charge in [0.25, 0.3) is 5.91 Å². The highest BCUT2D eigenvalue weighted by molar-refractivity contribution is 5.94. The molecule has 0 atom stereocenters. The van der Waals surface area contributed by atoms with E-state index in [9.17, 15) is 4.79 Å². The molecule has 1 saturated carbocycles. The number of nitrogens with zero attached hydrogens (tertiary/aromatic N) is 1. The predicted molar refractivity (Wildman–Crippen MR) is 90.2 cm³/mol. The van der Waals surface area contributed by atoms with E-state index in [4.69, 9.17) is 0 Å². The summed E-state index contributed by atoms with van der Waals surface area (Å²) in [5, 5.41) is 3.21. The number of hydrogen-bond donors (Lipinski definition) is 1. The highest BCUT2D eigenvalue weighted by Crippen LogP contribution is 2.29. The van der Waals surface area contributed by atoms with Crippen LogP contribution in [0, 0.1) is 0 Å². The van der Waals surface area contributed by atoms with E-state index in [2.05, 4.69) is 43.1 Å². The van der Waals surface area contributed by atoms with Crippen molar-refractivity contribution in [1.82, 2.24) is 10.2 Å². The van der Waals surface area contributed by atoms with Crippen molar-refractivity contribution in [3.05, 3.63) is 35.4 Å². The van der Waals surface area contributed by atoms with Crippen molar-refractivity contribution in [2.45, 2.75) is 64.0 Å². The van der Waals surface area contributed by atoms with Crippen LogP contribution in [-0.2, 0) is 5.41 Å². The summed E-state index contributed by atoms with van der Waals surface area (Å²) in [6.45, 7) is 8.85. The molecule has 1 amide bonds. The van der Waals surface area contributed by atoms with Crippen molar-refractivity contribution >= 4 is 5.91 Å². The van der Waals surface area contributed by atoms with Gasteiger partial charge >= 0.3 is 0 Å². The van der Waals surface area contributed by atoms with E-state index < -0.39 is 0 Å². The Balaban J connectivity index is 1.53. The number of nitrogens with one attached hydrogen (secondary N) is 1. The molecule has 0 spiro atoms. The quantitative estimate of drug-likeness (QED) is 0.928. The van der Waals surface area contributed by atoms with Gasteiger partial charge in [-0.15, -0.1) is 0 Å². The van der Waals surface area contributed by atoms with E-state index >= 15 is 0 Å². The fourth-order valence-corrected chi connectivity index (χ4v) is 3.24. The SMILES string of the molecule is CC(C)(C)c1ccc(C(=O)NC2CCN(C3CC3)CC2)cc1. The molecule has 1 aromatic rings. The number of carbonyl (C=O) groups is 1. The summed E-state index contributed by atoms with van der Waals surface area (Å²) < 4.78 is 0. The standard InChI is InChI=1S/C19H28N2O/c1-19(2,3)15-6-4-14(5-7-15)18(22)20-16-10-12-21(13-11-16)17-8-9-17/h4-7,16-17H,8-13H2,1-3H3,(H,20,22). The lowest BCUT2D eigenvalue weighted by Crippen LogP contribution is -2.45. The van der Waals surface area contributed by atoms with Crippen LogP contribution in [0.25, 0.3) is 0 Å². The fourth-order valence-electron chi connectivity index (χ4n) is 3.24. The lowest BCUT2D eigenvalue weighted by Gasteiger charge is -2.32. The Kier molecular flexibility index (Phi) is 4.26. The molecule has 0 radical (unpaired) electrons. The average molecular weight is 300 g/mol. The van der Waals surface area contributed by atoms with Crippen LogP contribution in [-0.4, -0.2) is 36.0 Å². The van der Waals surface area contributed by atoms with Gasteiger partial charge in [-0.25, -0.2) is 0 Å². The molecule has 3 nitrogen and oxygen atoms in total. The van der Waals surface area contributed by atoms with Gasteiger partial charge in [-0.2, -0.15) is 0 Å². The van der Waals surface area contributed by atoms with Crippen LogP contribution in [0.5, 0.6) is 0 Å². The topological polar surface area (TPSA) is 32.3 Å². The van der Waals surface area contributed by atoms with E-state index in [0.717, 1.165) is 37.5 Å². The van der Waals surface area contributed by atoms with Crippen LogP contribution in [0.4, 0.5) is 0 Å². The van der Waals surface area contributed by atoms with E-state index in [-0.39, 0.29) is 11.3 Å². The third kappa shape index (κ3) is 3.70. The molecule has 22 heavy (non-hydrogen) atoms. The molecule has 1 aliphatic carbocycles. The minimum atomic E-state index is 0.0744. The van der Waals surface area contributed by atoms with Crippen LogP contribution in [0.2, 0.25) is 0 Å². The summed E-state index contributed by atoms with van der Waals surface area (Å²) in [5.74, 6) is 0.0744. The molecule has 0 unspecified atom stereocenters. The molecule has 1 N–H and O–H groups in total. The van der Waals surface area contributed by atoms with Gasteiger partial charge in [0.15, 0.2) is 0 Å². The van der Waals surface area contributed by atoms with Crippen molar-refractivity contribution in [3.8, 4) is 0 Å². The zero-order valence-corrected chi connectivity index (χ0v) is 14.1. The van der Waals surface area contributed by atoms with E-state index in [1.807, 2.05) is 12.1 Å². The second-order valence-electron chi connectivity index (χ2n) is 7.84. The van der Waals surface area contributed by atoms with Crippen LogP contribution in [0.15, 0.2) is 24.3 Å². The Morgan fingerprint density at radius 1 is 1.05 bits per heavy atom. The number of hydrogen-bond acceptors (Lipinski definition) is 2. The first kappa shape index (κ1) is 15.5. The molecular weight excluding hydrogens is 272 g/mol. The second kappa shape index (κ2) is 6.04. The van der Waals surface area contributed by atoms with E-state index in [1.54, 1.807) is 0 Å². The third-order valence-corrected chi connectivity index (χ3v) is 4.94. The number of likely N-dealkylation sites (tertiary alicyclic amines) is 1. The molecule has 2 fully saturated rings. The summed E-state index contributed by atoms with van der Waals surface area (Å²) in [5.41, 5.74) is 2.17. The lowest BCUT2D eigenvalue weighted by molar-refractivity contribution is 0.0909. The molecule has 1 aromatic carbocycles. The molecule has 0 bridgehead atoms. The zero-order chi connectivity index (χ0) is 15.7. The van der Waals surface area contributed by atoms with Crippen molar-refractivity contribution < 1.29 is 4.79 Å². The first-order valence-corrected chi connectivity index (χ1v) is 8.59. The molecule has 1 heterocycles. The van der Waals surface area contributed by atoms with E-state index in [0.29, 0.717) is 6.04 Å². The highest BCUT2D eigenvalue weighted by atomic mass is 16.1. The summed E-state index contributed by atoms with van der Waals surface area (Å²) in [6, 6.07) is 9.24. The molecule has 0 aromatic heterocycles. The first-order valence-electron chi connectivity index (χ1n) is 8.59. The first-order chi connectivity index (χ1) is 10.4. The van der Waals surface area contributed by atoms with Crippen LogP contribution < -0.4 is 5.32 Å². The van der Waals surface area contributed by atoms with Crippen molar-refractivity contribution in [1.29, 1.82) is 0 Å². The van der Waals surface area contributed by atoms with Crippen molar-refractivity contribution in [3.63, 3.8) is 0 Å². The normalized spacial score (nSPS) is 20.9. The molecule has 120 valence electrons. The van der Waals surface area contributed by atoms with Gasteiger partial charge in [0.2, 0.25) is 0 Å². The number of piperidine rings is 1.